The summed E-state index contributed by atoms with van der Waals surface area (Å²) < 4.78 is 0.828. The van der Waals surface area contributed by atoms with Crippen LogP contribution in [0.4, 0.5) is 0 Å². The Labute approximate surface area is 159 Å². The van der Waals surface area contributed by atoms with Crippen LogP contribution in [0.3, 0.4) is 0 Å². The van der Waals surface area contributed by atoms with Gasteiger partial charge in [-0.3, -0.25) is 4.79 Å². The van der Waals surface area contributed by atoms with Gasteiger partial charge in [-0.1, -0.05) is 18.7 Å². The number of aliphatic hydroxyl groups excluding tert-OH is 1. The predicted octanol–water partition coefficient (Wildman–Crippen LogP) is 1.38. The lowest BCUT2D eigenvalue weighted by Crippen LogP contribution is -2.63. The molecule has 0 aliphatic carbocycles. The van der Waals surface area contributed by atoms with E-state index in [0.29, 0.717) is 4.91 Å². The number of hydrogen-bond donors (Lipinski definition) is 2. The molecule has 4 rings (SSSR count). The molecule has 0 aromatic carbocycles. The molecule has 1 aromatic rings. The second kappa shape index (κ2) is 6.33. The summed E-state index contributed by atoms with van der Waals surface area (Å²) in [6, 6.07) is -0.281. The Morgan fingerprint density at radius 2 is 2.19 bits per heavy atom. The van der Waals surface area contributed by atoms with Crippen LogP contribution in [-0.4, -0.2) is 62.6 Å². The Balaban J connectivity index is 1.65. The second-order valence-corrected chi connectivity index (χ2v) is 9.58. The molecule has 0 radical (unpaired) electrons. The summed E-state index contributed by atoms with van der Waals surface area (Å²) in [5.74, 6) is -2.06. The summed E-state index contributed by atoms with van der Waals surface area (Å²) in [7, 11) is 2.08. The summed E-state index contributed by atoms with van der Waals surface area (Å²) in [5, 5.41) is 19.6. The minimum absolute atomic E-state index is 0.0553. The largest absolute Gasteiger partial charge is 0.477 e. The van der Waals surface area contributed by atoms with Gasteiger partial charge in [0.1, 0.15) is 5.70 Å². The van der Waals surface area contributed by atoms with Crippen LogP contribution < -0.4 is 0 Å². The van der Waals surface area contributed by atoms with Crippen molar-refractivity contribution < 1.29 is 19.8 Å². The van der Waals surface area contributed by atoms with Gasteiger partial charge in [0.2, 0.25) is 5.91 Å². The monoisotopic (exact) mass is 395 g/mol. The lowest BCUT2D eigenvalue weighted by atomic mass is 9.79. The fourth-order valence-electron chi connectivity index (χ4n) is 4.09. The summed E-state index contributed by atoms with van der Waals surface area (Å²) in [5.41, 5.74) is 1.15. The van der Waals surface area contributed by atoms with Crippen molar-refractivity contribution >= 4 is 35.0 Å². The third kappa shape index (κ3) is 2.60. The standard InChI is InChI=1S/C17H21N3O4S2/c1-7-12-11(8(2)21)15(22)20(12)13(16(23)24)14(7)26-17-18-9-4-5-19(3)6-10(9)25-17/h7-8,11-12,21H,4-6H2,1-3H3,(H,23,24)/t7-,8-,11-,12-/m1/s1. The fourth-order valence-corrected chi connectivity index (χ4v) is 6.70. The zero-order valence-corrected chi connectivity index (χ0v) is 16.4. The molecule has 3 aliphatic rings. The molecule has 4 atom stereocenters. The van der Waals surface area contributed by atoms with Gasteiger partial charge in [-0.25, -0.2) is 9.78 Å². The number of aliphatic hydroxyl groups is 1. The highest BCUT2D eigenvalue weighted by atomic mass is 32.2. The Kier molecular flexibility index (Phi) is 4.37. The summed E-state index contributed by atoms with van der Waals surface area (Å²) >= 11 is 2.97. The molecule has 4 heterocycles. The zero-order chi connectivity index (χ0) is 18.7. The van der Waals surface area contributed by atoms with E-state index in [1.165, 1.54) is 21.5 Å². The number of likely N-dealkylation sites (N-methyl/N-ethyl adjacent to an activating group) is 1. The molecule has 1 amide bonds. The van der Waals surface area contributed by atoms with Gasteiger partial charge in [0.25, 0.3) is 0 Å². The number of nitrogens with zero attached hydrogens (tertiary/aromatic N) is 3. The van der Waals surface area contributed by atoms with E-state index in [1.54, 1.807) is 18.3 Å². The number of thiazole rings is 1. The van der Waals surface area contributed by atoms with E-state index < -0.39 is 18.0 Å². The Bertz CT molecular complexity index is 819. The summed E-state index contributed by atoms with van der Waals surface area (Å²) in [6.45, 7) is 5.36. The van der Waals surface area contributed by atoms with E-state index >= 15 is 0 Å². The number of β-lactam (4-membered cyclic amide) rings is 1. The van der Waals surface area contributed by atoms with E-state index in [4.69, 9.17) is 4.98 Å². The minimum atomic E-state index is -1.10. The molecule has 0 bridgehead atoms. The van der Waals surface area contributed by atoms with E-state index in [0.717, 1.165) is 29.5 Å². The van der Waals surface area contributed by atoms with Crippen molar-refractivity contribution in [3.63, 3.8) is 0 Å². The van der Waals surface area contributed by atoms with Crippen LogP contribution >= 0.6 is 23.1 Å². The molecule has 26 heavy (non-hydrogen) atoms. The molecular weight excluding hydrogens is 374 g/mol. The van der Waals surface area contributed by atoms with Crippen LogP contribution in [0.1, 0.15) is 24.4 Å². The van der Waals surface area contributed by atoms with Gasteiger partial charge in [0.05, 0.1) is 23.8 Å². The number of aromatic nitrogens is 1. The number of carboxylic acid groups (broad SMARTS) is 1. The molecule has 0 unspecified atom stereocenters. The van der Waals surface area contributed by atoms with Gasteiger partial charge in [-0.15, -0.1) is 11.3 Å². The van der Waals surface area contributed by atoms with Crippen LogP contribution in [0.25, 0.3) is 0 Å². The molecule has 1 saturated heterocycles. The number of carbonyl (C=O) groups excluding carboxylic acids is 1. The smallest absolute Gasteiger partial charge is 0.353 e. The van der Waals surface area contributed by atoms with Crippen molar-refractivity contribution in [2.24, 2.45) is 11.8 Å². The van der Waals surface area contributed by atoms with Crippen molar-refractivity contribution in [2.45, 2.75) is 43.3 Å². The Morgan fingerprint density at radius 3 is 2.85 bits per heavy atom. The highest BCUT2D eigenvalue weighted by molar-refractivity contribution is 8.04. The highest BCUT2D eigenvalue weighted by Crippen LogP contribution is 2.52. The average Bonchev–Trinajstić information content (AvgIpc) is 3.05. The lowest BCUT2D eigenvalue weighted by Gasteiger charge is -2.46. The molecule has 1 aromatic heterocycles. The van der Waals surface area contributed by atoms with E-state index in [2.05, 4.69) is 11.9 Å². The van der Waals surface area contributed by atoms with Gasteiger partial charge < -0.3 is 20.0 Å². The third-order valence-electron chi connectivity index (χ3n) is 5.41. The van der Waals surface area contributed by atoms with Crippen LogP contribution in [0.5, 0.6) is 0 Å². The van der Waals surface area contributed by atoms with Crippen LogP contribution in [0, 0.1) is 11.8 Å². The van der Waals surface area contributed by atoms with Crippen LogP contribution in [0.2, 0.25) is 0 Å². The molecular formula is C17H21N3O4S2. The molecule has 3 aliphatic heterocycles. The fraction of sp³-hybridized carbons (Fsp3) is 0.588. The maximum absolute atomic E-state index is 12.4. The highest BCUT2D eigenvalue weighted by Gasteiger charge is 2.60. The number of hydrogen-bond acceptors (Lipinski definition) is 7. The SMILES string of the molecule is C[C@@H](O)[C@H]1C(=O)N2C(C(=O)O)=C(Sc3nc4c(s3)CN(C)CC4)[C@H](C)[C@H]12. The van der Waals surface area contributed by atoms with Crippen molar-refractivity contribution in [1.29, 1.82) is 0 Å². The van der Waals surface area contributed by atoms with E-state index in [-0.39, 0.29) is 23.6 Å². The molecule has 7 nitrogen and oxygen atoms in total. The molecule has 9 heteroatoms. The minimum Gasteiger partial charge on any atom is -0.477 e. The van der Waals surface area contributed by atoms with E-state index in [9.17, 15) is 19.8 Å². The van der Waals surface area contributed by atoms with Crippen molar-refractivity contribution in [3.8, 4) is 0 Å². The molecule has 0 spiro atoms. The number of thioether (sulfide) groups is 1. The zero-order valence-electron chi connectivity index (χ0n) is 14.8. The number of carbonyl (C=O) groups is 2. The maximum Gasteiger partial charge on any atom is 0.353 e. The first-order chi connectivity index (χ1) is 12.3. The van der Waals surface area contributed by atoms with Gasteiger partial charge in [-0.2, -0.15) is 0 Å². The van der Waals surface area contributed by atoms with Crippen LogP contribution in [0.15, 0.2) is 14.9 Å². The number of aliphatic carboxylic acids is 1. The summed E-state index contributed by atoms with van der Waals surface area (Å²) in [6.07, 6.45) is 0.119. The second-order valence-electron chi connectivity index (χ2n) is 7.21. The number of rotatable bonds is 4. The van der Waals surface area contributed by atoms with Crippen molar-refractivity contribution in [1.82, 2.24) is 14.8 Å². The lowest BCUT2D eigenvalue weighted by molar-refractivity contribution is -0.163. The van der Waals surface area contributed by atoms with E-state index in [1.807, 2.05) is 6.92 Å². The van der Waals surface area contributed by atoms with Gasteiger partial charge in [-0.05, 0) is 14.0 Å². The Morgan fingerprint density at radius 1 is 1.46 bits per heavy atom. The maximum atomic E-state index is 12.4. The van der Waals surface area contributed by atoms with Crippen molar-refractivity contribution in [3.05, 3.63) is 21.2 Å². The van der Waals surface area contributed by atoms with Gasteiger partial charge in [0.15, 0.2) is 4.34 Å². The third-order valence-corrected chi connectivity index (χ3v) is 7.84. The first kappa shape index (κ1) is 18.0. The van der Waals surface area contributed by atoms with Gasteiger partial charge in [0, 0.05) is 35.2 Å². The molecule has 2 N–H and O–H groups in total. The van der Waals surface area contributed by atoms with Crippen molar-refractivity contribution in [2.75, 3.05) is 13.6 Å². The van der Waals surface area contributed by atoms with Gasteiger partial charge >= 0.3 is 5.97 Å². The number of carboxylic acids is 1. The average molecular weight is 396 g/mol. The first-order valence-electron chi connectivity index (χ1n) is 8.63. The number of amides is 1. The topological polar surface area (TPSA) is 94.0 Å². The first-order valence-corrected chi connectivity index (χ1v) is 10.3. The summed E-state index contributed by atoms with van der Waals surface area (Å²) in [4.78, 5) is 34.4. The predicted molar refractivity (Wildman–Crippen MR) is 97.6 cm³/mol. The normalized spacial score (nSPS) is 29.5. The quantitative estimate of drug-likeness (QED) is 0.744. The molecule has 140 valence electrons. The van der Waals surface area contributed by atoms with Crippen LogP contribution in [-0.2, 0) is 22.6 Å². The Hall–Kier alpha value is -1.42. The number of fused-ring (bicyclic) bond motifs is 2. The molecule has 0 saturated carbocycles. The molecule has 1 fully saturated rings.